The van der Waals surface area contributed by atoms with Crippen LogP contribution >= 0.6 is 0 Å². The molecule has 0 atom stereocenters. The molecule has 1 aromatic carbocycles. The van der Waals surface area contributed by atoms with E-state index in [1.165, 1.54) is 0 Å². The number of amides is 2. The second kappa shape index (κ2) is 8.47. The Morgan fingerprint density at radius 1 is 1.25 bits per heavy atom. The fourth-order valence-electron chi connectivity index (χ4n) is 2.70. The minimum atomic E-state index is -0.386. The van der Waals surface area contributed by atoms with Gasteiger partial charge in [0.05, 0.1) is 12.2 Å². The molecule has 1 aromatic rings. The first-order valence-electron chi connectivity index (χ1n) is 8.34. The topological polar surface area (TPSA) is 75.7 Å². The van der Waals surface area contributed by atoms with E-state index < -0.39 is 0 Å². The van der Waals surface area contributed by atoms with E-state index in [1.807, 2.05) is 6.92 Å². The van der Waals surface area contributed by atoms with Gasteiger partial charge in [0.2, 0.25) is 11.8 Å². The fourth-order valence-corrected chi connectivity index (χ4v) is 2.70. The number of esters is 1. The number of hydrogen-bond acceptors (Lipinski definition) is 4. The van der Waals surface area contributed by atoms with Gasteiger partial charge in [-0.05, 0) is 37.5 Å². The molecule has 1 aliphatic rings. The van der Waals surface area contributed by atoms with Crippen LogP contribution in [-0.2, 0) is 14.3 Å². The maximum absolute atomic E-state index is 12.4. The van der Waals surface area contributed by atoms with Crippen molar-refractivity contribution in [2.75, 3.05) is 25.0 Å². The van der Waals surface area contributed by atoms with Crippen molar-refractivity contribution in [3.63, 3.8) is 0 Å². The zero-order valence-corrected chi connectivity index (χ0v) is 14.2. The molecule has 1 heterocycles. The number of likely N-dealkylation sites (tertiary alicyclic amines) is 1. The summed E-state index contributed by atoms with van der Waals surface area (Å²) >= 11 is 0. The van der Waals surface area contributed by atoms with Gasteiger partial charge in [-0.1, -0.05) is 13.0 Å². The normalized spacial score (nSPS) is 15.0. The van der Waals surface area contributed by atoms with Crippen LogP contribution in [0.5, 0.6) is 0 Å². The molecule has 0 unspecified atom stereocenters. The molecule has 0 spiro atoms. The summed E-state index contributed by atoms with van der Waals surface area (Å²) in [6, 6.07) is 6.76. The van der Waals surface area contributed by atoms with E-state index >= 15 is 0 Å². The average Bonchev–Trinajstić information content (AvgIpc) is 2.60. The zero-order chi connectivity index (χ0) is 17.5. The predicted molar refractivity (Wildman–Crippen MR) is 90.6 cm³/mol. The zero-order valence-electron chi connectivity index (χ0n) is 14.2. The quantitative estimate of drug-likeness (QED) is 0.840. The molecule has 1 saturated heterocycles. The highest BCUT2D eigenvalue weighted by molar-refractivity contribution is 5.95. The summed E-state index contributed by atoms with van der Waals surface area (Å²) in [5.74, 6) is -0.525. The molecular formula is C18H24N2O4. The summed E-state index contributed by atoms with van der Waals surface area (Å²) in [6.07, 6.45) is 2.08. The van der Waals surface area contributed by atoms with Crippen LogP contribution in [0.2, 0.25) is 0 Å². The van der Waals surface area contributed by atoms with E-state index in [9.17, 15) is 14.4 Å². The number of anilines is 1. The van der Waals surface area contributed by atoms with Crippen LogP contribution in [-0.4, -0.2) is 42.4 Å². The number of rotatable bonds is 5. The van der Waals surface area contributed by atoms with Crippen molar-refractivity contribution in [2.45, 2.75) is 33.1 Å². The first kappa shape index (κ1) is 18.0. The SMILES string of the molecule is CCCOC(=O)c1cccc(NC(=O)C2CCN(C(C)=O)CC2)c1. The highest BCUT2D eigenvalue weighted by Gasteiger charge is 2.26. The number of carbonyl (C=O) groups is 3. The van der Waals surface area contributed by atoms with E-state index in [0.29, 0.717) is 43.8 Å². The molecule has 1 N–H and O–H groups in total. The summed E-state index contributed by atoms with van der Waals surface area (Å²) in [7, 11) is 0. The average molecular weight is 332 g/mol. The highest BCUT2D eigenvalue weighted by atomic mass is 16.5. The molecule has 0 saturated carbocycles. The Kier molecular flexibility index (Phi) is 6.35. The molecule has 24 heavy (non-hydrogen) atoms. The standard InChI is InChI=1S/C18H24N2O4/c1-3-11-24-18(23)15-5-4-6-16(12-15)19-17(22)14-7-9-20(10-8-14)13(2)21/h4-6,12,14H,3,7-11H2,1-2H3,(H,19,22). The maximum atomic E-state index is 12.4. The minimum Gasteiger partial charge on any atom is -0.462 e. The molecule has 6 nitrogen and oxygen atoms in total. The van der Waals surface area contributed by atoms with Gasteiger partial charge >= 0.3 is 5.97 Å². The second-order valence-corrected chi connectivity index (χ2v) is 5.99. The molecule has 0 aromatic heterocycles. The molecule has 130 valence electrons. The second-order valence-electron chi connectivity index (χ2n) is 5.99. The molecule has 0 radical (unpaired) electrons. The Morgan fingerprint density at radius 2 is 1.96 bits per heavy atom. The number of piperidine rings is 1. The van der Waals surface area contributed by atoms with Gasteiger partial charge in [-0.2, -0.15) is 0 Å². The van der Waals surface area contributed by atoms with Crippen LogP contribution in [0.1, 0.15) is 43.5 Å². The Bertz CT molecular complexity index is 607. The number of nitrogens with zero attached hydrogens (tertiary/aromatic N) is 1. The number of ether oxygens (including phenoxy) is 1. The van der Waals surface area contributed by atoms with E-state index in [0.717, 1.165) is 6.42 Å². The fraction of sp³-hybridized carbons (Fsp3) is 0.500. The van der Waals surface area contributed by atoms with Crippen LogP contribution < -0.4 is 5.32 Å². The van der Waals surface area contributed by atoms with Crippen LogP contribution in [0.4, 0.5) is 5.69 Å². The predicted octanol–water partition coefficient (Wildman–Crippen LogP) is 2.45. The number of hydrogen-bond donors (Lipinski definition) is 1. The van der Waals surface area contributed by atoms with Crippen molar-refractivity contribution in [3.05, 3.63) is 29.8 Å². The number of nitrogens with one attached hydrogen (secondary N) is 1. The molecule has 6 heteroatoms. The molecule has 2 amide bonds. The van der Waals surface area contributed by atoms with Crippen molar-refractivity contribution < 1.29 is 19.1 Å². The number of carbonyl (C=O) groups excluding carboxylic acids is 3. The third-order valence-corrected chi connectivity index (χ3v) is 4.11. The van der Waals surface area contributed by atoms with Gasteiger partial charge in [-0.3, -0.25) is 9.59 Å². The van der Waals surface area contributed by atoms with Crippen molar-refractivity contribution in [1.29, 1.82) is 0 Å². The molecule has 1 aliphatic heterocycles. The third-order valence-electron chi connectivity index (χ3n) is 4.11. The minimum absolute atomic E-state index is 0.0483. The van der Waals surface area contributed by atoms with E-state index in [4.69, 9.17) is 4.74 Å². The van der Waals surface area contributed by atoms with Crippen LogP contribution in [0.15, 0.2) is 24.3 Å². The lowest BCUT2D eigenvalue weighted by Gasteiger charge is -2.30. The van der Waals surface area contributed by atoms with Gasteiger partial charge in [0.1, 0.15) is 0 Å². The Balaban J connectivity index is 1.92. The first-order valence-corrected chi connectivity index (χ1v) is 8.34. The van der Waals surface area contributed by atoms with Crippen LogP contribution in [0.25, 0.3) is 0 Å². The van der Waals surface area contributed by atoms with Crippen molar-refractivity contribution in [1.82, 2.24) is 4.90 Å². The monoisotopic (exact) mass is 332 g/mol. The smallest absolute Gasteiger partial charge is 0.338 e. The van der Waals surface area contributed by atoms with Gasteiger partial charge in [-0.15, -0.1) is 0 Å². The van der Waals surface area contributed by atoms with Crippen molar-refractivity contribution in [2.24, 2.45) is 5.92 Å². The van der Waals surface area contributed by atoms with E-state index in [1.54, 1.807) is 36.1 Å². The van der Waals surface area contributed by atoms with Crippen molar-refractivity contribution in [3.8, 4) is 0 Å². The van der Waals surface area contributed by atoms with Crippen molar-refractivity contribution >= 4 is 23.5 Å². The summed E-state index contributed by atoms with van der Waals surface area (Å²) in [5, 5.41) is 2.86. The summed E-state index contributed by atoms with van der Waals surface area (Å²) in [5.41, 5.74) is 1.01. The lowest BCUT2D eigenvalue weighted by atomic mass is 9.95. The van der Waals surface area contributed by atoms with E-state index in [-0.39, 0.29) is 23.7 Å². The summed E-state index contributed by atoms with van der Waals surface area (Å²) < 4.78 is 5.10. The maximum Gasteiger partial charge on any atom is 0.338 e. The summed E-state index contributed by atoms with van der Waals surface area (Å²) in [6.45, 7) is 5.07. The first-order chi connectivity index (χ1) is 11.5. The van der Waals surface area contributed by atoms with Gasteiger partial charge in [0, 0.05) is 31.6 Å². The lowest BCUT2D eigenvalue weighted by molar-refractivity contribution is -0.132. The van der Waals surface area contributed by atoms with Gasteiger partial charge in [0.25, 0.3) is 0 Å². The largest absolute Gasteiger partial charge is 0.462 e. The van der Waals surface area contributed by atoms with Crippen LogP contribution in [0.3, 0.4) is 0 Å². The van der Waals surface area contributed by atoms with Gasteiger partial charge < -0.3 is 15.0 Å². The summed E-state index contributed by atoms with van der Waals surface area (Å²) in [4.78, 5) is 37.3. The Morgan fingerprint density at radius 3 is 2.58 bits per heavy atom. The Hall–Kier alpha value is -2.37. The highest BCUT2D eigenvalue weighted by Crippen LogP contribution is 2.20. The molecule has 0 aliphatic carbocycles. The molecular weight excluding hydrogens is 308 g/mol. The van der Waals surface area contributed by atoms with E-state index in [2.05, 4.69) is 5.32 Å². The third kappa shape index (κ3) is 4.81. The molecule has 2 rings (SSSR count). The molecule has 0 bridgehead atoms. The van der Waals surface area contributed by atoms with Crippen LogP contribution in [0, 0.1) is 5.92 Å². The molecule has 1 fully saturated rings. The lowest BCUT2D eigenvalue weighted by Crippen LogP contribution is -2.40. The van der Waals surface area contributed by atoms with Gasteiger partial charge in [-0.25, -0.2) is 4.79 Å². The number of benzene rings is 1. The Labute approximate surface area is 142 Å². The van der Waals surface area contributed by atoms with Gasteiger partial charge in [0.15, 0.2) is 0 Å².